The first kappa shape index (κ1) is 22.5. The molecule has 0 radical (unpaired) electrons. The molecule has 2 heterocycles. The van der Waals surface area contributed by atoms with Crippen LogP contribution >= 0.6 is 24.0 Å². The molecule has 30 heavy (non-hydrogen) atoms. The molecule has 0 aromatic heterocycles. The zero-order valence-electron chi connectivity index (χ0n) is 17.4. The van der Waals surface area contributed by atoms with Crippen molar-refractivity contribution in [1.82, 2.24) is 10.2 Å². The van der Waals surface area contributed by atoms with Crippen LogP contribution in [0.3, 0.4) is 0 Å². The van der Waals surface area contributed by atoms with Crippen LogP contribution in [0.1, 0.15) is 24.8 Å². The van der Waals surface area contributed by atoms with Gasteiger partial charge in [-0.1, -0.05) is 30.3 Å². The Balaban J connectivity index is 0.00000256. The van der Waals surface area contributed by atoms with E-state index in [0.717, 1.165) is 61.1 Å². The van der Waals surface area contributed by atoms with Crippen molar-refractivity contribution in [2.24, 2.45) is 4.99 Å². The molecule has 7 heteroatoms. The molecule has 4 rings (SSSR count). The maximum absolute atomic E-state index is 6.10. The fourth-order valence-corrected chi connectivity index (χ4v) is 3.78. The number of nitrogens with zero attached hydrogens (tertiary/aromatic N) is 2. The van der Waals surface area contributed by atoms with E-state index in [9.17, 15) is 0 Å². The van der Waals surface area contributed by atoms with Gasteiger partial charge >= 0.3 is 0 Å². The average Bonchev–Trinajstić information content (AvgIpc) is 3.02. The fourth-order valence-electron chi connectivity index (χ4n) is 3.78. The van der Waals surface area contributed by atoms with Crippen LogP contribution in [-0.2, 0) is 6.54 Å². The van der Waals surface area contributed by atoms with Gasteiger partial charge < -0.3 is 24.4 Å². The van der Waals surface area contributed by atoms with Gasteiger partial charge in [-0.25, -0.2) is 0 Å². The molecule has 0 aliphatic carbocycles. The normalized spacial score (nSPS) is 17.0. The number of hydrogen-bond donors (Lipinski definition) is 1. The summed E-state index contributed by atoms with van der Waals surface area (Å²) in [5, 5.41) is 3.49. The molecule has 0 unspecified atom stereocenters. The Labute approximate surface area is 195 Å². The monoisotopic (exact) mass is 523 g/mol. The third kappa shape index (κ3) is 5.71. The summed E-state index contributed by atoms with van der Waals surface area (Å²) in [7, 11) is 1.83. The lowest BCUT2D eigenvalue weighted by Gasteiger charge is -2.34. The number of halogens is 1. The maximum atomic E-state index is 6.10. The predicted octanol–water partition coefficient (Wildman–Crippen LogP) is 4.08. The molecule has 0 spiro atoms. The molecular weight excluding hydrogens is 493 g/mol. The summed E-state index contributed by atoms with van der Waals surface area (Å²) >= 11 is 0. The van der Waals surface area contributed by atoms with E-state index in [4.69, 9.17) is 14.2 Å². The lowest BCUT2D eigenvalue weighted by molar-refractivity contribution is 0.129. The number of rotatable bonds is 4. The van der Waals surface area contributed by atoms with Gasteiger partial charge in [0, 0.05) is 51.5 Å². The number of benzene rings is 2. The number of aliphatic imine (C=N–C) groups is 1. The minimum absolute atomic E-state index is 0. The summed E-state index contributed by atoms with van der Waals surface area (Å²) in [5.41, 5.74) is 1.09. The highest BCUT2D eigenvalue weighted by atomic mass is 127. The van der Waals surface area contributed by atoms with Gasteiger partial charge in [-0.15, -0.1) is 24.0 Å². The molecule has 1 fully saturated rings. The number of ether oxygens (including phenoxy) is 3. The summed E-state index contributed by atoms with van der Waals surface area (Å²) in [6.07, 6.45) is 3.12. The van der Waals surface area contributed by atoms with Gasteiger partial charge in [-0.05, 0) is 18.2 Å². The zero-order chi connectivity index (χ0) is 19.9. The number of fused-ring (bicyclic) bond motifs is 1. The molecule has 2 aliphatic rings. The van der Waals surface area contributed by atoms with E-state index in [1.54, 1.807) is 0 Å². The molecule has 1 N–H and O–H groups in total. The minimum atomic E-state index is 0. The summed E-state index contributed by atoms with van der Waals surface area (Å²) in [4.78, 5) is 6.78. The third-order valence-corrected chi connectivity index (χ3v) is 5.29. The lowest BCUT2D eigenvalue weighted by atomic mass is 10.1. The predicted molar refractivity (Wildman–Crippen MR) is 129 cm³/mol. The van der Waals surface area contributed by atoms with E-state index < -0.39 is 0 Å². The number of guanidine groups is 1. The van der Waals surface area contributed by atoms with Gasteiger partial charge in [0.05, 0.1) is 13.2 Å². The van der Waals surface area contributed by atoms with Crippen LogP contribution < -0.4 is 19.5 Å². The largest absolute Gasteiger partial charge is 0.490 e. The second-order valence-corrected chi connectivity index (χ2v) is 7.31. The SMILES string of the molecule is CN=C(NCc1cccc2c1OCCCO2)N1CCC(Oc2ccccc2)CC1.I. The summed E-state index contributed by atoms with van der Waals surface area (Å²) in [6.45, 7) is 3.88. The molecule has 0 atom stereocenters. The van der Waals surface area contributed by atoms with E-state index >= 15 is 0 Å². The number of hydrogen-bond acceptors (Lipinski definition) is 4. The molecule has 2 aromatic rings. The summed E-state index contributed by atoms with van der Waals surface area (Å²) in [6, 6.07) is 16.1. The summed E-state index contributed by atoms with van der Waals surface area (Å²) in [5.74, 6) is 3.54. The molecular formula is C23H30IN3O3. The smallest absolute Gasteiger partial charge is 0.193 e. The van der Waals surface area contributed by atoms with Gasteiger partial charge in [-0.3, -0.25) is 4.99 Å². The van der Waals surface area contributed by atoms with Crippen molar-refractivity contribution in [3.05, 3.63) is 54.1 Å². The van der Waals surface area contributed by atoms with E-state index in [2.05, 4.69) is 21.3 Å². The van der Waals surface area contributed by atoms with Crippen molar-refractivity contribution in [3.8, 4) is 17.2 Å². The molecule has 6 nitrogen and oxygen atoms in total. The van der Waals surface area contributed by atoms with Crippen LogP contribution in [0, 0.1) is 0 Å². The Morgan fingerprint density at radius 2 is 1.83 bits per heavy atom. The standard InChI is InChI=1S/C23H29N3O3.HI/c1-24-23(25-17-18-7-5-10-21-22(18)28-16-6-15-27-21)26-13-11-20(12-14-26)29-19-8-3-2-4-9-19;/h2-5,7-10,20H,6,11-17H2,1H3,(H,24,25);1H. The van der Waals surface area contributed by atoms with Crippen LogP contribution in [0.5, 0.6) is 17.2 Å². The first-order valence-corrected chi connectivity index (χ1v) is 10.4. The molecule has 2 aliphatic heterocycles. The van der Waals surface area contributed by atoms with Gasteiger partial charge in [0.25, 0.3) is 0 Å². The number of likely N-dealkylation sites (tertiary alicyclic amines) is 1. The number of piperidine rings is 1. The molecule has 0 saturated carbocycles. The van der Waals surface area contributed by atoms with Crippen molar-refractivity contribution in [3.63, 3.8) is 0 Å². The van der Waals surface area contributed by atoms with E-state index in [1.807, 2.05) is 49.5 Å². The van der Waals surface area contributed by atoms with Crippen LogP contribution in [0.4, 0.5) is 0 Å². The van der Waals surface area contributed by atoms with Crippen LogP contribution in [0.15, 0.2) is 53.5 Å². The second-order valence-electron chi connectivity index (χ2n) is 7.31. The topological polar surface area (TPSA) is 55.3 Å². The number of nitrogens with one attached hydrogen (secondary N) is 1. The average molecular weight is 523 g/mol. The minimum Gasteiger partial charge on any atom is -0.490 e. The Hall–Kier alpha value is -2.16. The highest BCUT2D eigenvalue weighted by molar-refractivity contribution is 14.0. The molecule has 0 bridgehead atoms. The highest BCUT2D eigenvalue weighted by Crippen LogP contribution is 2.33. The van der Waals surface area contributed by atoms with Gasteiger partial charge in [0.15, 0.2) is 17.5 Å². The molecule has 1 saturated heterocycles. The van der Waals surface area contributed by atoms with Crippen molar-refractivity contribution in [2.45, 2.75) is 31.9 Å². The Morgan fingerprint density at radius 1 is 1.07 bits per heavy atom. The third-order valence-electron chi connectivity index (χ3n) is 5.29. The highest BCUT2D eigenvalue weighted by Gasteiger charge is 2.23. The summed E-state index contributed by atoms with van der Waals surface area (Å²) < 4.78 is 17.8. The number of para-hydroxylation sites is 2. The zero-order valence-corrected chi connectivity index (χ0v) is 19.7. The van der Waals surface area contributed by atoms with E-state index in [-0.39, 0.29) is 30.1 Å². The van der Waals surface area contributed by atoms with Gasteiger partial charge in [0.2, 0.25) is 0 Å². The van der Waals surface area contributed by atoms with Crippen LogP contribution in [0.2, 0.25) is 0 Å². The first-order chi connectivity index (χ1) is 14.3. The molecule has 2 aromatic carbocycles. The van der Waals surface area contributed by atoms with Gasteiger partial charge in [0.1, 0.15) is 11.9 Å². The molecule has 162 valence electrons. The van der Waals surface area contributed by atoms with Crippen molar-refractivity contribution in [2.75, 3.05) is 33.4 Å². The lowest BCUT2D eigenvalue weighted by Crippen LogP contribution is -2.47. The van der Waals surface area contributed by atoms with Crippen molar-refractivity contribution < 1.29 is 14.2 Å². The first-order valence-electron chi connectivity index (χ1n) is 10.4. The van der Waals surface area contributed by atoms with Crippen molar-refractivity contribution >= 4 is 29.9 Å². The molecule has 0 amide bonds. The quantitative estimate of drug-likeness (QED) is 0.372. The van der Waals surface area contributed by atoms with Crippen molar-refractivity contribution in [1.29, 1.82) is 0 Å². The maximum Gasteiger partial charge on any atom is 0.193 e. The van der Waals surface area contributed by atoms with Crippen LogP contribution in [0.25, 0.3) is 0 Å². The second kappa shape index (κ2) is 11.3. The Morgan fingerprint density at radius 3 is 2.60 bits per heavy atom. The fraction of sp³-hybridized carbons (Fsp3) is 0.435. The van der Waals surface area contributed by atoms with E-state index in [1.165, 1.54) is 0 Å². The van der Waals surface area contributed by atoms with E-state index in [0.29, 0.717) is 19.8 Å². The van der Waals surface area contributed by atoms with Crippen LogP contribution in [-0.4, -0.2) is 50.3 Å². The Bertz CT molecular complexity index is 824. The Kier molecular flexibility index (Phi) is 8.48. The van der Waals surface area contributed by atoms with Gasteiger partial charge in [-0.2, -0.15) is 0 Å².